The van der Waals surface area contributed by atoms with Gasteiger partial charge in [0.15, 0.2) is 11.6 Å². The molecule has 1 fully saturated rings. The minimum absolute atomic E-state index is 0.0135. The predicted molar refractivity (Wildman–Crippen MR) is 75.9 cm³/mol. The molecule has 1 heterocycles. The minimum atomic E-state index is -4.81. The molecule has 1 aromatic rings. The molecular weight excluding hydrogens is 351 g/mol. The number of hydrogen-bond acceptors (Lipinski definition) is 2. The fourth-order valence-corrected chi connectivity index (χ4v) is 2.84. The summed E-state index contributed by atoms with van der Waals surface area (Å²) in [5.74, 6) is -3.74. The summed E-state index contributed by atoms with van der Waals surface area (Å²) in [6.07, 6.45) is -6.91. The molecule has 10 heteroatoms. The predicted octanol–water partition coefficient (Wildman–Crippen LogP) is 2.87. The number of alkyl halides is 3. The van der Waals surface area contributed by atoms with Gasteiger partial charge in [0.25, 0.3) is 0 Å². The zero-order chi connectivity index (χ0) is 18.8. The van der Waals surface area contributed by atoms with Crippen LogP contribution in [-0.4, -0.2) is 47.3 Å². The van der Waals surface area contributed by atoms with Gasteiger partial charge in [-0.05, 0) is 24.5 Å². The van der Waals surface area contributed by atoms with Crippen LogP contribution in [0.1, 0.15) is 24.3 Å². The average Bonchev–Trinajstić information content (AvgIpc) is 2.69. The van der Waals surface area contributed by atoms with Crippen molar-refractivity contribution in [2.75, 3.05) is 13.1 Å². The van der Waals surface area contributed by atoms with Crippen molar-refractivity contribution in [2.24, 2.45) is 0 Å². The standard InChI is InChI=1S/C15H15F5N2O3/c16-10-3-1-2-9(12(10)17)8-4-5-11(13(23)21-6-8)22(14(24)25)7-15(18,19)20/h1-3,8,11H,4-7H2,(H,21,23)(H,24,25)/t8-,11-/m1/s1. The Morgan fingerprint density at radius 2 is 1.96 bits per heavy atom. The van der Waals surface area contributed by atoms with Crippen molar-refractivity contribution in [1.82, 2.24) is 10.2 Å². The molecule has 138 valence electrons. The Hall–Kier alpha value is -2.39. The van der Waals surface area contributed by atoms with Crippen LogP contribution in [0.15, 0.2) is 18.2 Å². The average molecular weight is 366 g/mol. The maximum absolute atomic E-state index is 13.9. The third-order valence-corrected chi connectivity index (χ3v) is 4.01. The molecule has 0 unspecified atom stereocenters. The molecule has 2 amide bonds. The molecule has 5 nitrogen and oxygen atoms in total. The number of carboxylic acid groups (broad SMARTS) is 1. The highest BCUT2D eigenvalue weighted by Crippen LogP contribution is 2.29. The van der Waals surface area contributed by atoms with E-state index in [-0.39, 0.29) is 29.8 Å². The summed E-state index contributed by atoms with van der Waals surface area (Å²) in [4.78, 5) is 23.2. The lowest BCUT2D eigenvalue weighted by molar-refractivity contribution is -0.150. The van der Waals surface area contributed by atoms with Crippen LogP contribution >= 0.6 is 0 Å². The number of nitrogens with one attached hydrogen (secondary N) is 1. The molecule has 2 atom stereocenters. The highest BCUT2D eigenvalue weighted by Gasteiger charge is 2.40. The first-order chi connectivity index (χ1) is 11.6. The molecule has 1 aliphatic heterocycles. The number of carbonyl (C=O) groups excluding carboxylic acids is 1. The Morgan fingerprint density at radius 3 is 2.56 bits per heavy atom. The zero-order valence-electron chi connectivity index (χ0n) is 12.8. The maximum atomic E-state index is 13.9. The zero-order valence-corrected chi connectivity index (χ0v) is 12.8. The molecule has 0 saturated carbocycles. The van der Waals surface area contributed by atoms with Crippen LogP contribution < -0.4 is 5.32 Å². The lowest BCUT2D eigenvalue weighted by Crippen LogP contribution is -2.51. The van der Waals surface area contributed by atoms with Crippen LogP contribution in [-0.2, 0) is 4.79 Å². The van der Waals surface area contributed by atoms with Gasteiger partial charge in [-0.15, -0.1) is 0 Å². The van der Waals surface area contributed by atoms with Crippen molar-refractivity contribution in [3.63, 3.8) is 0 Å². The van der Waals surface area contributed by atoms with E-state index < -0.39 is 48.3 Å². The smallest absolute Gasteiger partial charge is 0.408 e. The molecule has 0 aromatic heterocycles. The summed E-state index contributed by atoms with van der Waals surface area (Å²) in [5.41, 5.74) is -0.0151. The van der Waals surface area contributed by atoms with Gasteiger partial charge in [-0.3, -0.25) is 9.69 Å². The first-order valence-electron chi connectivity index (χ1n) is 7.38. The topological polar surface area (TPSA) is 69.6 Å². The van der Waals surface area contributed by atoms with E-state index in [1.165, 1.54) is 12.1 Å². The van der Waals surface area contributed by atoms with Crippen molar-refractivity contribution in [2.45, 2.75) is 31.0 Å². The Bertz CT molecular complexity index is 665. The number of nitrogens with zero attached hydrogens (tertiary/aromatic N) is 1. The second kappa shape index (κ2) is 7.24. The number of rotatable bonds is 3. The van der Waals surface area contributed by atoms with Gasteiger partial charge in [-0.2, -0.15) is 13.2 Å². The van der Waals surface area contributed by atoms with Crippen LogP contribution in [0.25, 0.3) is 0 Å². The van der Waals surface area contributed by atoms with Gasteiger partial charge in [0.2, 0.25) is 5.91 Å². The van der Waals surface area contributed by atoms with Crippen LogP contribution in [0.2, 0.25) is 0 Å². The van der Waals surface area contributed by atoms with Crippen molar-refractivity contribution in [3.05, 3.63) is 35.4 Å². The molecule has 0 radical (unpaired) electrons. The Kier molecular flexibility index (Phi) is 5.48. The number of hydrogen-bond donors (Lipinski definition) is 2. The van der Waals surface area contributed by atoms with E-state index in [0.717, 1.165) is 6.07 Å². The molecule has 2 rings (SSSR count). The lowest BCUT2D eigenvalue weighted by atomic mass is 9.93. The van der Waals surface area contributed by atoms with Crippen molar-refractivity contribution >= 4 is 12.0 Å². The fourth-order valence-electron chi connectivity index (χ4n) is 2.84. The third kappa shape index (κ3) is 4.58. The summed E-state index contributed by atoms with van der Waals surface area (Å²) in [6, 6.07) is 1.97. The molecule has 0 spiro atoms. The highest BCUT2D eigenvalue weighted by molar-refractivity contribution is 5.85. The van der Waals surface area contributed by atoms with Crippen molar-refractivity contribution < 1.29 is 36.6 Å². The summed E-state index contributed by atoms with van der Waals surface area (Å²) in [6.45, 7) is -1.92. The Balaban J connectivity index is 2.21. The summed E-state index contributed by atoms with van der Waals surface area (Å²) in [5, 5.41) is 11.3. The molecule has 0 bridgehead atoms. The van der Waals surface area contributed by atoms with Crippen LogP contribution in [0.5, 0.6) is 0 Å². The van der Waals surface area contributed by atoms with Crippen molar-refractivity contribution in [1.29, 1.82) is 0 Å². The molecule has 2 N–H and O–H groups in total. The fraction of sp³-hybridized carbons (Fsp3) is 0.467. The largest absolute Gasteiger partial charge is 0.465 e. The third-order valence-electron chi connectivity index (χ3n) is 4.01. The monoisotopic (exact) mass is 366 g/mol. The van der Waals surface area contributed by atoms with E-state index in [1.54, 1.807) is 0 Å². The first kappa shape index (κ1) is 18.9. The number of benzene rings is 1. The van der Waals surface area contributed by atoms with Gasteiger partial charge in [0.05, 0.1) is 0 Å². The van der Waals surface area contributed by atoms with E-state index >= 15 is 0 Å². The van der Waals surface area contributed by atoms with Gasteiger partial charge in [-0.25, -0.2) is 13.6 Å². The summed E-state index contributed by atoms with van der Waals surface area (Å²) < 4.78 is 64.9. The van der Waals surface area contributed by atoms with E-state index in [4.69, 9.17) is 5.11 Å². The first-order valence-corrected chi connectivity index (χ1v) is 7.38. The van der Waals surface area contributed by atoms with Crippen molar-refractivity contribution in [3.8, 4) is 0 Å². The van der Waals surface area contributed by atoms with Gasteiger partial charge in [-0.1, -0.05) is 12.1 Å². The highest BCUT2D eigenvalue weighted by atomic mass is 19.4. The molecular formula is C15H15F5N2O3. The molecule has 1 saturated heterocycles. The van der Waals surface area contributed by atoms with Crippen LogP contribution in [0.4, 0.5) is 26.7 Å². The SMILES string of the molecule is O=C1NC[C@H](c2cccc(F)c2F)CC[C@H]1N(CC(F)(F)F)C(=O)O. The number of carbonyl (C=O) groups is 2. The van der Waals surface area contributed by atoms with Gasteiger partial charge in [0, 0.05) is 12.5 Å². The second-order valence-corrected chi connectivity index (χ2v) is 5.70. The molecule has 25 heavy (non-hydrogen) atoms. The molecule has 0 aliphatic carbocycles. The van der Waals surface area contributed by atoms with Crippen LogP contribution in [0, 0.1) is 11.6 Å². The number of amides is 2. The van der Waals surface area contributed by atoms with Crippen LogP contribution in [0.3, 0.4) is 0 Å². The second-order valence-electron chi connectivity index (χ2n) is 5.70. The maximum Gasteiger partial charge on any atom is 0.408 e. The summed E-state index contributed by atoms with van der Waals surface area (Å²) >= 11 is 0. The normalized spacial score (nSPS) is 21.4. The van der Waals surface area contributed by atoms with E-state index in [0.29, 0.717) is 0 Å². The van der Waals surface area contributed by atoms with E-state index in [2.05, 4.69) is 5.32 Å². The molecule has 1 aromatic carbocycles. The Morgan fingerprint density at radius 1 is 1.28 bits per heavy atom. The number of halogens is 5. The summed E-state index contributed by atoms with van der Waals surface area (Å²) in [7, 11) is 0. The van der Waals surface area contributed by atoms with Gasteiger partial charge < -0.3 is 10.4 Å². The molecule has 1 aliphatic rings. The van der Waals surface area contributed by atoms with E-state index in [9.17, 15) is 31.5 Å². The quantitative estimate of drug-likeness (QED) is 0.809. The van der Waals surface area contributed by atoms with E-state index in [1.807, 2.05) is 0 Å². The Labute approximate surface area is 139 Å². The minimum Gasteiger partial charge on any atom is -0.465 e. The lowest BCUT2D eigenvalue weighted by Gasteiger charge is -2.27. The van der Waals surface area contributed by atoms with Gasteiger partial charge >= 0.3 is 12.3 Å². The van der Waals surface area contributed by atoms with Gasteiger partial charge in [0.1, 0.15) is 12.6 Å².